The van der Waals surface area contributed by atoms with Gasteiger partial charge in [-0.25, -0.2) is 0 Å². The van der Waals surface area contributed by atoms with Gasteiger partial charge in [0, 0.05) is 30.1 Å². The number of hydrogen-bond donors (Lipinski definition) is 1. The highest BCUT2D eigenvalue weighted by atomic mass is 32.2. The van der Waals surface area contributed by atoms with Gasteiger partial charge >= 0.3 is 0 Å². The third-order valence-electron chi connectivity index (χ3n) is 3.16. The predicted octanol–water partition coefficient (Wildman–Crippen LogP) is 2.57. The molecule has 2 rings (SSSR count). The molecule has 0 spiro atoms. The molecule has 0 amide bonds. The van der Waals surface area contributed by atoms with Crippen molar-refractivity contribution in [3.8, 4) is 0 Å². The summed E-state index contributed by atoms with van der Waals surface area (Å²) in [5.74, 6) is 2.46. The molecule has 1 aromatic rings. The van der Waals surface area contributed by atoms with Gasteiger partial charge < -0.3 is 5.73 Å². The first-order valence-electron chi connectivity index (χ1n) is 5.81. The topological polar surface area (TPSA) is 29.3 Å². The van der Waals surface area contributed by atoms with Crippen LogP contribution in [0.1, 0.15) is 25.5 Å². The average molecular weight is 256 g/mol. The fourth-order valence-electron chi connectivity index (χ4n) is 2.39. The van der Waals surface area contributed by atoms with Crippen LogP contribution < -0.4 is 5.73 Å². The zero-order valence-electron chi connectivity index (χ0n) is 9.93. The van der Waals surface area contributed by atoms with Crippen LogP contribution in [0.25, 0.3) is 0 Å². The normalized spacial score (nSPS) is 26.6. The molecule has 2 N–H and O–H groups in total. The molecule has 0 radical (unpaired) electrons. The lowest BCUT2D eigenvalue weighted by atomic mass is 10.0. The van der Waals surface area contributed by atoms with Crippen molar-refractivity contribution in [2.75, 3.05) is 18.1 Å². The number of thioether (sulfide) groups is 1. The Balaban J connectivity index is 2.18. The Labute approximate surface area is 106 Å². The van der Waals surface area contributed by atoms with Gasteiger partial charge in [-0.05, 0) is 36.2 Å². The van der Waals surface area contributed by atoms with E-state index in [1.807, 2.05) is 0 Å². The molecule has 3 atom stereocenters. The van der Waals surface area contributed by atoms with Crippen LogP contribution in [0.15, 0.2) is 16.8 Å². The number of nitrogens with two attached hydrogens (primary N) is 1. The van der Waals surface area contributed by atoms with Crippen molar-refractivity contribution in [1.82, 2.24) is 4.90 Å². The van der Waals surface area contributed by atoms with Crippen molar-refractivity contribution < 1.29 is 0 Å². The average Bonchev–Trinajstić information content (AvgIpc) is 2.74. The highest BCUT2D eigenvalue weighted by Crippen LogP contribution is 2.30. The van der Waals surface area contributed by atoms with Gasteiger partial charge in [-0.1, -0.05) is 0 Å². The molecule has 90 valence electrons. The standard InChI is InChI=1S/C12H20N2S2/c1-9-7-16-6-4-14(9)12(10(2)13)11-3-5-15-8-11/h3,5,8-10,12H,4,6-7,13H2,1-2H3. The van der Waals surface area contributed by atoms with Crippen LogP contribution in [0.2, 0.25) is 0 Å². The highest BCUT2D eigenvalue weighted by molar-refractivity contribution is 7.99. The van der Waals surface area contributed by atoms with Crippen LogP contribution in [0.5, 0.6) is 0 Å². The molecule has 1 saturated heterocycles. The summed E-state index contributed by atoms with van der Waals surface area (Å²) in [5, 5.41) is 4.39. The molecule has 0 bridgehead atoms. The van der Waals surface area contributed by atoms with Crippen LogP contribution in [-0.4, -0.2) is 35.0 Å². The van der Waals surface area contributed by atoms with E-state index in [0.29, 0.717) is 12.1 Å². The molecule has 1 fully saturated rings. The van der Waals surface area contributed by atoms with Crippen LogP contribution in [-0.2, 0) is 0 Å². The van der Waals surface area contributed by atoms with Crippen molar-refractivity contribution >= 4 is 23.1 Å². The Morgan fingerprint density at radius 1 is 1.56 bits per heavy atom. The molecule has 16 heavy (non-hydrogen) atoms. The quantitative estimate of drug-likeness (QED) is 0.901. The molecule has 0 saturated carbocycles. The third-order valence-corrected chi connectivity index (χ3v) is 5.05. The second-order valence-electron chi connectivity index (χ2n) is 4.52. The summed E-state index contributed by atoms with van der Waals surface area (Å²) < 4.78 is 0. The first-order valence-corrected chi connectivity index (χ1v) is 7.91. The van der Waals surface area contributed by atoms with Gasteiger partial charge in [-0.3, -0.25) is 4.90 Å². The molecule has 2 nitrogen and oxygen atoms in total. The van der Waals surface area contributed by atoms with Gasteiger partial charge in [-0.2, -0.15) is 23.1 Å². The monoisotopic (exact) mass is 256 g/mol. The third kappa shape index (κ3) is 2.62. The second kappa shape index (κ2) is 5.54. The van der Waals surface area contributed by atoms with Crippen molar-refractivity contribution in [2.45, 2.75) is 32.0 Å². The lowest BCUT2D eigenvalue weighted by Crippen LogP contribution is -2.48. The molecule has 1 aliphatic rings. The Bertz CT molecular complexity index is 311. The van der Waals surface area contributed by atoms with Gasteiger partial charge in [0.05, 0.1) is 6.04 Å². The number of nitrogens with zero attached hydrogens (tertiary/aromatic N) is 1. The maximum Gasteiger partial charge on any atom is 0.0508 e. The summed E-state index contributed by atoms with van der Waals surface area (Å²) >= 11 is 3.82. The second-order valence-corrected chi connectivity index (χ2v) is 6.45. The molecular weight excluding hydrogens is 236 g/mol. The molecule has 4 heteroatoms. The molecular formula is C12H20N2S2. The van der Waals surface area contributed by atoms with E-state index in [4.69, 9.17) is 5.73 Å². The minimum absolute atomic E-state index is 0.195. The van der Waals surface area contributed by atoms with Crippen molar-refractivity contribution in [3.05, 3.63) is 22.4 Å². The molecule has 2 heterocycles. The first kappa shape index (κ1) is 12.4. The van der Waals surface area contributed by atoms with Crippen LogP contribution >= 0.6 is 23.1 Å². The van der Waals surface area contributed by atoms with E-state index in [1.54, 1.807) is 11.3 Å². The maximum atomic E-state index is 6.18. The van der Waals surface area contributed by atoms with E-state index in [9.17, 15) is 0 Å². The fourth-order valence-corrected chi connectivity index (χ4v) is 4.12. The van der Waals surface area contributed by atoms with E-state index in [0.717, 1.165) is 6.54 Å². The number of rotatable bonds is 3. The van der Waals surface area contributed by atoms with Crippen LogP contribution in [0, 0.1) is 0 Å². The first-order chi connectivity index (χ1) is 7.70. The van der Waals surface area contributed by atoms with Gasteiger partial charge in [0.2, 0.25) is 0 Å². The van der Waals surface area contributed by atoms with Crippen molar-refractivity contribution in [1.29, 1.82) is 0 Å². The Morgan fingerprint density at radius 3 is 2.94 bits per heavy atom. The summed E-state index contributed by atoms with van der Waals surface area (Å²) in [5.41, 5.74) is 7.56. The lowest BCUT2D eigenvalue weighted by molar-refractivity contribution is 0.144. The van der Waals surface area contributed by atoms with Crippen molar-refractivity contribution in [2.24, 2.45) is 5.73 Å². The van der Waals surface area contributed by atoms with Crippen LogP contribution in [0.4, 0.5) is 0 Å². The Hall–Kier alpha value is -0.0300. The summed E-state index contributed by atoms with van der Waals surface area (Å²) in [4.78, 5) is 2.57. The number of hydrogen-bond acceptors (Lipinski definition) is 4. The maximum absolute atomic E-state index is 6.18. The van der Waals surface area contributed by atoms with E-state index < -0.39 is 0 Å². The fraction of sp³-hybridized carbons (Fsp3) is 0.667. The predicted molar refractivity (Wildman–Crippen MR) is 74.2 cm³/mol. The van der Waals surface area contributed by atoms with Crippen molar-refractivity contribution in [3.63, 3.8) is 0 Å². The minimum atomic E-state index is 0.195. The molecule has 0 aromatic carbocycles. The van der Waals surface area contributed by atoms with Crippen LogP contribution in [0.3, 0.4) is 0 Å². The Kier molecular flexibility index (Phi) is 4.30. The van der Waals surface area contributed by atoms with Gasteiger partial charge in [-0.15, -0.1) is 0 Å². The lowest BCUT2D eigenvalue weighted by Gasteiger charge is -2.41. The summed E-state index contributed by atoms with van der Waals surface area (Å²) in [6, 6.07) is 3.43. The van der Waals surface area contributed by atoms with Gasteiger partial charge in [0.25, 0.3) is 0 Å². The van der Waals surface area contributed by atoms with E-state index in [1.165, 1.54) is 17.1 Å². The zero-order chi connectivity index (χ0) is 11.5. The summed E-state index contributed by atoms with van der Waals surface area (Å²) in [7, 11) is 0. The number of thiophene rings is 1. The summed E-state index contributed by atoms with van der Waals surface area (Å²) in [6.07, 6.45) is 0. The van der Waals surface area contributed by atoms with Gasteiger partial charge in [0.1, 0.15) is 0 Å². The largest absolute Gasteiger partial charge is 0.326 e. The molecule has 3 unspecified atom stereocenters. The van der Waals surface area contributed by atoms with E-state index >= 15 is 0 Å². The Morgan fingerprint density at radius 2 is 2.38 bits per heavy atom. The zero-order valence-corrected chi connectivity index (χ0v) is 11.6. The van der Waals surface area contributed by atoms with Gasteiger partial charge in [0.15, 0.2) is 0 Å². The van der Waals surface area contributed by atoms with E-state index in [2.05, 4.69) is 47.3 Å². The molecule has 0 aliphatic carbocycles. The SMILES string of the molecule is CC(N)C(c1ccsc1)N1CCSCC1C. The minimum Gasteiger partial charge on any atom is -0.326 e. The highest BCUT2D eigenvalue weighted by Gasteiger charge is 2.29. The molecule has 1 aromatic heterocycles. The summed E-state index contributed by atoms with van der Waals surface area (Å²) in [6.45, 7) is 5.60. The smallest absolute Gasteiger partial charge is 0.0508 e. The van der Waals surface area contributed by atoms with E-state index in [-0.39, 0.29) is 6.04 Å². The molecule has 1 aliphatic heterocycles.